The molecule has 146 heavy (non-hydrogen) atoms. The predicted octanol–water partition coefficient (Wildman–Crippen LogP) is 8.67. The van der Waals surface area contributed by atoms with Crippen LogP contribution in [0.5, 0.6) is 0 Å². The van der Waals surface area contributed by atoms with Crippen LogP contribution in [0.15, 0.2) is 71.9 Å². The zero-order valence-electron chi connectivity index (χ0n) is 87.3. The van der Waals surface area contributed by atoms with Crippen molar-refractivity contribution in [3.05, 3.63) is 105 Å². The third kappa shape index (κ3) is 35.1. The minimum absolute atomic E-state index is 0.00152. The number of aliphatic hydroxyl groups excluding tert-OH is 6. The molecule has 6 aliphatic rings. The van der Waals surface area contributed by atoms with Crippen molar-refractivity contribution in [2.45, 2.75) is 317 Å². The lowest BCUT2D eigenvalue weighted by atomic mass is 9.47. The summed E-state index contributed by atoms with van der Waals surface area (Å²) in [5.41, 5.74) is 2.88. The van der Waals surface area contributed by atoms with E-state index < -0.39 is 136 Å². The Morgan fingerprint density at radius 3 is 1.86 bits per heavy atom. The summed E-state index contributed by atoms with van der Waals surface area (Å²) in [6.07, 6.45) is 7.30. The van der Waals surface area contributed by atoms with Gasteiger partial charge in [-0.05, 0) is 195 Å². The van der Waals surface area contributed by atoms with Crippen LogP contribution in [0.1, 0.15) is 226 Å². The fraction of sp³-hybridized carbons (Fsp3) is 0.706. The van der Waals surface area contributed by atoms with Gasteiger partial charge in [-0.15, -0.1) is 0 Å². The van der Waals surface area contributed by atoms with Gasteiger partial charge >= 0.3 is 36.2 Å². The third-order valence-corrected chi connectivity index (χ3v) is 30.9. The summed E-state index contributed by atoms with van der Waals surface area (Å²) < 4.78 is 66.6. The second kappa shape index (κ2) is 62.1. The van der Waals surface area contributed by atoms with Gasteiger partial charge in [0.2, 0.25) is 11.8 Å². The number of carboxylic acids is 1. The smallest absolute Gasteiger partial charge is 0.481 e. The highest BCUT2D eigenvalue weighted by molar-refractivity contribution is 8.77. The lowest BCUT2D eigenvalue weighted by Crippen LogP contribution is -2.80. The van der Waals surface area contributed by atoms with E-state index in [1.54, 1.807) is 16.9 Å². The number of benzene rings is 2. The number of fused-ring (bicyclic) bond motifs is 6. The molecular formula is C102H158N8O34S2. The van der Waals surface area contributed by atoms with Gasteiger partial charge in [0.05, 0.1) is 99.9 Å². The van der Waals surface area contributed by atoms with E-state index in [-0.39, 0.29) is 158 Å². The van der Waals surface area contributed by atoms with E-state index in [9.17, 15) is 64.1 Å². The number of rotatable bonds is 56. The second-order valence-electron chi connectivity index (χ2n) is 38.1. The number of para-hydroxylation sites is 1. The molecule has 10 rings (SSSR count). The van der Waals surface area contributed by atoms with Crippen LogP contribution in [-0.4, -0.2) is 355 Å². The number of pyridine rings is 1. The number of aliphatic hydroxyl groups is 8. The van der Waals surface area contributed by atoms with Gasteiger partial charge in [-0.2, -0.15) is 9.59 Å². The van der Waals surface area contributed by atoms with Crippen LogP contribution >= 0.6 is 21.6 Å². The number of aliphatic carboxylic acids is 1. The summed E-state index contributed by atoms with van der Waals surface area (Å²) >= 11 is 0. The Morgan fingerprint density at radius 1 is 0.678 bits per heavy atom. The molecule has 0 radical (unpaired) electrons. The molecule has 42 nitrogen and oxygen atoms in total. The molecule has 2 aromatic heterocycles. The molecule has 2 amide bonds. The SMILES string of the molecule is CCC(CO)OC(CO)OC.CCC(CO)OC(COC(=O)CCCC(=O)NC(C)C(=O)OCCCCC(=O)[C@]1(O)C2N(C)c3cc(C)c([C@@]4(C)CC5CN(CCc6c4[nH]c4ccccc64)CC(O)(CC)C5)cc3C23CCN2CC=C[C@](CC)(C23)[C@H]1O)OC.CCC(CO)OC(COC(=O)OCCC(=O)NCCCC(C)(C)SSc1ccc([N+](=O)[O-])cn1)OC.CCC(COC(=O)CCC(=O)O)OC(CO)OC.O=C=O. The van der Waals surface area contributed by atoms with Crippen molar-refractivity contribution in [1.29, 1.82) is 0 Å². The summed E-state index contributed by atoms with van der Waals surface area (Å²) in [4.78, 5) is 140. The minimum atomic E-state index is -2.17. The number of unbranched alkanes of at least 4 members (excludes halogenated alkanes) is 1. The molecule has 44 heteroatoms. The first kappa shape index (κ1) is 126. The zero-order valence-corrected chi connectivity index (χ0v) is 88.9. The van der Waals surface area contributed by atoms with E-state index in [0.717, 1.165) is 74.1 Å². The van der Waals surface area contributed by atoms with Gasteiger partial charge in [0, 0.05) is 143 Å². The summed E-state index contributed by atoms with van der Waals surface area (Å²) in [5.74, 6) is -3.71. The highest BCUT2D eigenvalue weighted by atomic mass is 33.1. The number of amides is 2. The molecule has 19 atom stereocenters. The van der Waals surface area contributed by atoms with Crippen LogP contribution in [0, 0.1) is 28.4 Å². The van der Waals surface area contributed by atoms with Gasteiger partial charge in [0.25, 0.3) is 5.69 Å². The largest absolute Gasteiger partial charge is 0.508 e. The van der Waals surface area contributed by atoms with Crippen molar-refractivity contribution in [2.75, 3.05) is 146 Å². The standard InChI is InChI=1S/C61H87N5O12.C22H35N3O9S2.C11H20O7.C7H16O4.CO2/c1-9-41(35-67)78-51(75-8)36-77-50(70)22-16-21-49(69)62-39(5)53(71)76-29-15-14-20-48(68)61(74)55-60(25-28-66-26-17-24-59(11-3,54(60)66)56(61)72)45-31-44(38(4)30-47(45)64(55)7)57(6)32-40-33-58(73,10-2)37-65(34-40)27-23-43-42-18-12-13-19-46(42)63-52(43)57;1-5-17(14-26)34-20(31-4)15-33-21(28)32-12-9-18(27)23-11-6-10-22(2,3)36-35-19-8-7-16(13-24-19)25(29)30;1-3-8(18-11(6-12)16-2)7-17-10(15)5-4-9(13)14;1-3-6(4-8)11-7(5-9)10-2;2-1-3/h12-13,17-19,24,30-31,39-41,51,54-56,63,67,72-74H,9-11,14-16,20-23,25-29,32-37H2,1-8H3,(H,62,69);7-8,13,17,20,26H,5-6,9-12,14-15H2,1-4H3,(H,23,27);8,11-12H,3-7H2,1-2H3,(H,13,14);6-9H,3-5H2,1-2H3;/t39?,40?,41?,51?,54?,55?,56-,57-,58?,59-,60?,61+;;;;/m1..../s1. The maximum atomic E-state index is 15.2. The summed E-state index contributed by atoms with van der Waals surface area (Å²) in [7, 11) is 10.7. The molecule has 4 aromatic rings. The number of carboxylic acid groups (broad SMARTS) is 1. The normalized spacial score (nSPS) is 23.4. The molecule has 5 aliphatic heterocycles. The predicted molar refractivity (Wildman–Crippen MR) is 538 cm³/mol. The van der Waals surface area contributed by atoms with Crippen LogP contribution in [0.2, 0.25) is 0 Å². The maximum absolute atomic E-state index is 15.2. The number of ether oxygens (including phenoxy) is 13. The number of nitro groups is 1. The Bertz CT molecular complexity index is 4770. The molecule has 3 fully saturated rings. The van der Waals surface area contributed by atoms with Gasteiger partial charge in [0.1, 0.15) is 49.8 Å². The molecule has 1 spiro atoms. The van der Waals surface area contributed by atoms with Crippen molar-refractivity contribution in [2.24, 2.45) is 11.3 Å². The number of ketones is 1. The topological polar surface area (TPSA) is 578 Å². The van der Waals surface area contributed by atoms with E-state index in [0.29, 0.717) is 76.0 Å². The van der Waals surface area contributed by atoms with E-state index in [1.165, 1.54) is 80.6 Å². The molecule has 2 saturated heterocycles. The second-order valence-corrected chi connectivity index (χ2v) is 41.0. The number of aromatic amines is 1. The van der Waals surface area contributed by atoms with Crippen LogP contribution in [0.25, 0.3) is 10.9 Å². The van der Waals surface area contributed by atoms with Gasteiger partial charge in [-0.1, -0.05) is 88.8 Å². The fourth-order valence-electron chi connectivity index (χ4n) is 20.0. The number of likely N-dealkylation sites (N-methyl/N-ethyl adjacent to an activating group) is 1. The average Bonchev–Trinajstić information content (AvgIpc) is 1.48. The summed E-state index contributed by atoms with van der Waals surface area (Å²) in [6, 6.07) is 14.4. The monoisotopic (exact) mass is 2100 g/mol. The molecule has 1 aliphatic carbocycles. The molecule has 2 bridgehead atoms. The number of carbonyl (C=O) groups excluding carboxylic acids is 9. The lowest BCUT2D eigenvalue weighted by Gasteiger charge is -2.63. The number of aryl methyl sites for hydroxylation is 1. The quantitative estimate of drug-likeness (QED) is 0.00287. The Kier molecular flexibility index (Phi) is 53.5. The first-order valence-corrected chi connectivity index (χ1v) is 52.3. The number of aromatic nitrogens is 2. The average molecular weight is 2100 g/mol. The van der Waals surface area contributed by atoms with Gasteiger partial charge < -0.3 is 128 Å². The van der Waals surface area contributed by atoms with Crippen molar-refractivity contribution in [1.82, 2.24) is 30.4 Å². The Morgan fingerprint density at radius 2 is 1.28 bits per heavy atom. The Hall–Kier alpha value is -8.81. The number of hydrogen-bond donors (Lipinski definition) is 12. The number of piperidine rings is 1. The van der Waals surface area contributed by atoms with Crippen LogP contribution < -0.4 is 15.5 Å². The number of esters is 3. The number of hydrogen-bond acceptors (Lipinski definition) is 39. The number of H-pyrrole nitrogens is 1. The molecular weight excluding hydrogens is 1950 g/mol. The lowest BCUT2D eigenvalue weighted by molar-refractivity contribution is -0.385. The number of methoxy groups -OCH3 is 4. The Balaban J connectivity index is 0.000000391. The number of carbonyl (C=O) groups is 8. The van der Waals surface area contributed by atoms with Crippen LogP contribution in [0.4, 0.5) is 16.2 Å². The van der Waals surface area contributed by atoms with E-state index in [4.69, 9.17) is 96.7 Å². The number of nitrogens with zero attached hydrogens (tertiary/aromatic N) is 5. The summed E-state index contributed by atoms with van der Waals surface area (Å²) in [5, 5.41) is 110. The number of nitrogens with one attached hydrogen (secondary N) is 3. The molecule has 2 aromatic carbocycles. The van der Waals surface area contributed by atoms with Gasteiger partial charge in [-0.25, -0.2) is 14.6 Å². The first-order valence-electron chi connectivity index (χ1n) is 50.2. The van der Waals surface area contributed by atoms with E-state index >= 15 is 4.79 Å². The highest BCUT2D eigenvalue weighted by Crippen LogP contribution is 2.68. The maximum Gasteiger partial charge on any atom is 0.508 e. The van der Waals surface area contributed by atoms with Crippen molar-refractivity contribution >= 4 is 97.6 Å². The minimum Gasteiger partial charge on any atom is -0.481 e. The van der Waals surface area contributed by atoms with Gasteiger partial charge in [0.15, 0.2) is 36.5 Å². The number of Topliss-reactive ketones (excluding diaryl/α,β-unsaturated/α-hetero) is 1. The molecule has 822 valence electrons. The molecule has 7 heterocycles. The van der Waals surface area contributed by atoms with Crippen LogP contribution in [-0.2, 0) is 122 Å². The Labute approximate surface area is 862 Å². The van der Waals surface area contributed by atoms with Crippen LogP contribution in [0.3, 0.4) is 0 Å². The van der Waals surface area contributed by atoms with Crippen molar-refractivity contribution in [3.8, 4) is 0 Å². The van der Waals surface area contributed by atoms with Crippen molar-refractivity contribution < 1.29 is 160 Å². The fourth-order valence-corrected chi connectivity index (χ4v) is 22.2. The van der Waals surface area contributed by atoms with E-state index in [2.05, 4.69) is 125 Å². The highest BCUT2D eigenvalue weighted by Gasteiger charge is 2.78. The molecule has 12 N–H and O–H groups in total. The zero-order chi connectivity index (χ0) is 108. The molecule has 1 saturated carbocycles. The van der Waals surface area contributed by atoms with Crippen molar-refractivity contribution in [3.63, 3.8) is 0 Å². The summed E-state index contributed by atoms with van der Waals surface area (Å²) in [6.45, 7) is 24.8. The molecule has 15 unspecified atom stereocenters. The third-order valence-electron chi connectivity index (χ3n) is 27.7. The number of anilines is 1. The first-order chi connectivity index (χ1) is 69.6. The van der Waals surface area contributed by atoms with Gasteiger partial charge in [-0.3, -0.25) is 48.7 Å². The van der Waals surface area contributed by atoms with E-state index in [1.807, 2.05) is 34.7 Å².